The summed E-state index contributed by atoms with van der Waals surface area (Å²) in [6.45, 7) is 0.654. The molecule has 0 bridgehead atoms. The SMILES string of the molecule is CSCCNc1ccc(C(F)(F)F)nn1. The van der Waals surface area contributed by atoms with Gasteiger partial charge in [0, 0.05) is 12.3 Å². The molecule has 1 N–H and O–H groups in total. The van der Waals surface area contributed by atoms with Crippen LogP contribution in [0.25, 0.3) is 0 Å². The van der Waals surface area contributed by atoms with Crippen LogP contribution < -0.4 is 5.32 Å². The highest BCUT2D eigenvalue weighted by Gasteiger charge is 2.32. The molecule has 0 saturated carbocycles. The van der Waals surface area contributed by atoms with Crippen molar-refractivity contribution >= 4 is 17.6 Å². The molecule has 3 nitrogen and oxygen atoms in total. The van der Waals surface area contributed by atoms with E-state index in [4.69, 9.17) is 0 Å². The van der Waals surface area contributed by atoms with Crippen LogP contribution in [0.4, 0.5) is 19.0 Å². The van der Waals surface area contributed by atoms with Gasteiger partial charge in [-0.3, -0.25) is 0 Å². The third-order valence-electron chi connectivity index (χ3n) is 1.57. The molecule has 0 aliphatic heterocycles. The van der Waals surface area contributed by atoms with Crippen molar-refractivity contribution in [1.82, 2.24) is 10.2 Å². The zero-order valence-corrected chi connectivity index (χ0v) is 8.82. The molecule has 0 atom stereocenters. The quantitative estimate of drug-likeness (QED) is 0.815. The van der Waals surface area contributed by atoms with Crippen LogP contribution >= 0.6 is 11.8 Å². The van der Waals surface area contributed by atoms with Crippen LogP contribution in [0.2, 0.25) is 0 Å². The number of hydrogen-bond donors (Lipinski definition) is 1. The van der Waals surface area contributed by atoms with Gasteiger partial charge in [-0.1, -0.05) is 0 Å². The first-order valence-corrected chi connectivity index (χ1v) is 5.57. The van der Waals surface area contributed by atoms with Gasteiger partial charge in [0.15, 0.2) is 5.69 Å². The Hall–Kier alpha value is -0.980. The van der Waals surface area contributed by atoms with Gasteiger partial charge in [0.2, 0.25) is 0 Å². The number of nitrogens with one attached hydrogen (secondary N) is 1. The molecule has 0 saturated heterocycles. The third kappa shape index (κ3) is 3.94. The molecule has 0 radical (unpaired) electrons. The molecule has 1 aromatic rings. The summed E-state index contributed by atoms with van der Waals surface area (Å²) in [5, 5.41) is 9.37. The van der Waals surface area contributed by atoms with E-state index in [0.717, 1.165) is 11.8 Å². The van der Waals surface area contributed by atoms with Crippen LogP contribution in [0.5, 0.6) is 0 Å². The minimum Gasteiger partial charge on any atom is -0.368 e. The lowest BCUT2D eigenvalue weighted by Gasteiger charge is -2.06. The molecule has 0 aliphatic carbocycles. The summed E-state index contributed by atoms with van der Waals surface area (Å²) in [5.41, 5.74) is -0.974. The molecule has 1 heterocycles. The molecule has 1 aromatic heterocycles. The number of thioether (sulfide) groups is 1. The minimum atomic E-state index is -4.43. The summed E-state index contributed by atoms with van der Waals surface area (Å²) in [6, 6.07) is 2.19. The van der Waals surface area contributed by atoms with E-state index in [0.29, 0.717) is 12.4 Å². The Morgan fingerprint density at radius 1 is 1.33 bits per heavy atom. The Kier molecular flexibility index (Phi) is 4.19. The summed E-state index contributed by atoms with van der Waals surface area (Å²) in [7, 11) is 0. The van der Waals surface area contributed by atoms with Crippen LogP contribution in [-0.2, 0) is 6.18 Å². The Labute approximate surface area is 89.5 Å². The number of nitrogens with zero attached hydrogens (tertiary/aromatic N) is 2. The van der Waals surface area contributed by atoms with Gasteiger partial charge in [-0.15, -0.1) is 10.2 Å². The van der Waals surface area contributed by atoms with Gasteiger partial charge >= 0.3 is 6.18 Å². The molecule has 0 unspecified atom stereocenters. The lowest BCUT2D eigenvalue weighted by molar-refractivity contribution is -0.141. The van der Waals surface area contributed by atoms with Crippen molar-refractivity contribution < 1.29 is 13.2 Å². The minimum absolute atomic E-state index is 0.358. The number of alkyl halides is 3. The van der Waals surface area contributed by atoms with Crippen LogP contribution in [0.1, 0.15) is 5.69 Å². The Balaban J connectivity index is 2.57. The first-order chi connectivity index (χ1) is 7.04. The topological polar surface area (TPSA) is 37.8 Å². The van der Waals surface area contributed by atoms with Crippen LogP contribution in [0.3, 0.4) is 0 Å². The lowest BCUT2D eigenvalue weighted by atomic mass is 10.4. The molecule has 7 heteroatoms. The highest BCUT2D eigenvalue weighted by Crippen LogP contribution is 2.26. The number of halogens is 3. The lowest BCUT2D eigenvalue weighted by Crippen LogP contribution is -2.11. The van der Waals surface area contributed by atoms with Crippen molar-refractivity contribution in [3.8, 4) is 0 Å². The maximum atomic E-state index is 12.1. The highest BCUT2D eigenvalue weighted by atomic mass is 32.2. The van der Waals surface area contributed by atoms with Crippen molar-refractivity contribution in [2.24, 2.45) is 0 Å². The Bertz CT molecular complexity index is 299. The van der Waals surface area contributed by atoms with E-state index in [1.165, 1.54) is 6.07 Å². The fourth-order valence-electron chi connectivity index (χ4n) is 0.859. The summed E-state index contributed by atoms with van der Waals surface area (Å²) in [6.07, 6.45) is -2.48. The summed E-state index contributed by atoms with van der Waals surface area (Å²) >= 11 is 1.64. The van der Waals surface area contributed by atoms with Gasteiger partial charge < -0.3 is 5.32 Å². The highest BCUT2D eigenvalue weighted by molar-refractivity contribution is 7.98. The molecule has 84 valence electrons. The number of aromatic nitrogens is 2. The van der Waals surface area contributed by atoms with Crippen LogP contribution in [0, 0.1) is 0 Å². The van der Waals surface area contributed by atoms with E-state index in [-0.39, 0.29) is 0 Å². The van der Waals surface area contributed by atoms with Crippen molar-refractivity contribution in [3.63, 3.8) is 0 Å². The number of anilines is 1. The van der Waals surface area contributed by atoms with Crippen molar-refractivity contribution in [2.45, 2.75) is 6.18 Å². The predicted molar refractivity (Wildman–Crippen MR) is 53.9 cm³/mol. The molecular weight excluding hydrogens is 227 g/mol. The molecule has 0 spiro atoms. The van der Waals surface area contributed by atoms with Crippen LogP contribution in [0.15, 0.2) is 12.1 Å². The molecule has 0 amide bonds. The summed E-state index contributed by atoms with van der Waals surface area (Å²) < 4.78 is 36.3. The molecule has 0 aliphatic rings. The third-order valence-corrected chi connectivity index (χ3v) is 2.18. The Morgan fingerprint density at radius 3 is 2.53 bits per heavy atom. The summed E-state index contributed by atoms with van der Waals surface area (Å²) in [4.78, 5) is 0. The monoisotopic (exact) mass is 237 g/mol. The standard InChI is InChI=1S/C8H10F3N3S/c1-15-5-4-12-7-3-2-6(13-14-7)8(9,10)11/h2-3H,4-5H2,1H3,(H,12,14). The first-order valence-electron chi connectivity index (χ1n) is 4.18. The smallest absolute Gasteiger partial charge is 0.368 e. The van der Waals surface area contributed by atoms with E-state index in [1.807, 2.05) is 6.26 Å². The van der Waals surface area contributed by atoms with E-state index >= 15 is 0 Å². The molecule has 0 aromatic carbocycles. The average molecular weight is 237 g/mol. The van der Waals surface area contributed by atoms with Gasteiger partial charge in [-0.05, 0) is 18.4 Å². The zero-order valence-electron chi connectivity index (χ0n) is 8.01. The number of hydrogen-bond acceptors (Lipinski definition) is 4. The van der Waals surface area contributed by atoms with E-state index in [9.17, 15) is 13.2 Å². The second-order valence-electron chi connectivity index (χ2n) is 2.72. The second-order valence-corrected chi connectivity index (χ2v) is 3.71. The Morgan fingerprint density at radius 2 is 2.07 bits per heavy atom. The van der Waals surface area contributed by atoms with Crippen molar-refractivity contribution in [2.75, 3.05) is 23.9 Å². The molecule has 15 heavy (non-hydrogen) atoms. The fraction of sp³-hybridized carbons (Fsp3) is 0.500. The predicted octanol–water partition coefficient (Wildman–Crippen LogP) is 2.27. The fourth-order valence-corrected chi connectivity index (χ4v) is 1.17. The van der Waals surface area contributed by atoms with Gasteiger partial charge in [-0.2, -0.15) is 24.9 Å². The first kappa shape index (κ1) is 12.1. The van der Waals surface area contributed by atoms with Gasteiger partial charge in [0.25, 0.3) is 0 Å². The largest absolute Gasteiger partial charge is 0.435 e. The van der Waals surface area contributed by atoms with Crippen molar-refractivity contribution in [3.05, 3.63) is 17.8 Å². The second kappa shape index (κ2) is 5.20. The zero-order chi connectivity index (χ0) is 11.3. The van der Waals surface area contributed by atoms with Gasteiger partial charge in [0.1, 0.15) is 5.82 Å². The molecule has 1 rings (SSSR count). The molecular formula is C8H10F3N3S. The van der Waals surface area contributed by atoms with E-state index in [1.54, 1.807) is 11.8 Å². The average Bonchev–Trinajstić information content (AvgIpc) is 2.18. The maximum Gasteiger partial charge on any atom is 0.435 e. The molecule has 0 fully saturated rings. The van der Waals surface area contributed by atoms with Crippen molar-refractivity contribution in [1.29, 1.82) is 0 Å². The van der Waals surface area contributed by atoms with Crippen LogP contribution in [-0.4, -0.2) is 28.8 Å². The van der Waals surface area contributed by atoms with Gasteiger partial charge in [-0.25, -0.2) is 0 Å². The van der Waals surface area contributed by atoms with E-state index in [2.05, 4.69) is 15.5 Å². The van der Waals surface area contributed by atoms with E-state index < -0.39 is 11.9 Å². The van der Waals surface area contributed by atoms with Gasteiger partial charge in [0.05, 0.1) is 0 Å². The number of rotatable bonds is 4. The maximum absolute atomic E-state index is 12.1. The normalized spacial score (nSPS) is 11.5. The summed E-state index contributed by atoms with van der Waals surface area (Å²) in [5.74, 6) is 1.22.